The number of para-hydroxylation sites is 1. The van der Waals surface area contributed by atoms with Crippen LogP contribution in [0, 0.1) is 11.8 Å². The lowest BCUT2D eigenvalue weighted by atomic mass is 10.2. The van der Waals surface area contributed by atoms with Gasteiger partial charge in [0.2, 0.25) is 0 Å². The highest BCUT2D eigenvalue weighted by Crippen LogP contribution is 2.07. The summed E-state index contributed by atoms with van der Waals surface area (Å²) in [5.41, 5.74) is 7.27. The number of rotatable bonds is 1. The van der Waals surface area contributed by atoms with Gasteiger partial charge in [0.05, 0.1) is 0 Å². The molecule has 1 nitrogen and oxygen atoms in total. The van der Waals surface area contributed by atoms with Crippen molar-refractivity contribution in [2.24, 2.45) is 0 Å². The van der Waals surface area contributed by atoms with E-state index in [2.05, 4.69) is 11.8 Å². The largest absolute Gasteiger partial charge is 0.398 e. The van der Waals surface area contributed by atoms with Crippen LogP contribution in [0.4, 0.5) is 5.69 Å². The Bertz CT molecular complexity index is 309. The fourth-order valence-corrected chi connectivity index (χ4v) is 0.910. The third-order valence-corrected chi connectivity index (χ3v) is 1.59. The molecule has 1 rings (SSSR count). The number of hydrogen-bond donors (Lipinski definition) is 1. The number of halogens is 1. The molecule has 0 unspecified atom stereocenters. The number of hydrogen-bond acceptors (Lipinski definition) is 1. The van der Waals surface area contributed by atoms with Crippen LogP contribution in [-0.2, 0) is 0 Å². The highest BCUT2D eigenvalue weighted by Gasteiger charge is 1.89. The van der Waals surface area contributed by atoms with E-state index in [0.29, 0.717) is 12.3 Å². The number of anilines is 1. The molecule has 0 aliphatic heterocycles. The minimum absolute atomic E-state index is 0.569. The first kappa shape index (κ1) is 8.96. The van der Waals surface area contributed by atoms with Crippen LogP contribution in [-0.4, -0.2) is 5.88 Å². The van der Waals surface area contributed by atoms with E-state index in [9.17, 15) is 0 Å². The minimum atomic E-state index is 0.569. The van der Waals surface area contributed by atoms with Crippen molar-refractivity contribution in [1.29, 1.82) is 0 Å². The Balaban J connectivity index is 2.77. The predicted molar refractivity (Wildman–Crippen MR) is 53.1 cm³/mol. The molecule has 0 aromatic heterocycles. The van der Waals surface area contributed by atoms with E-state index in [1.165, 1.54) is 0 Å². The monoisotopic (exact) mass is 179 g/mol. The first-order valence-electron chi connectivity index (χ1n) is 3.74. The van der Waals surface area contributed by atoms with E-state index < -0.39 is 0 Å². The summed E-state index contributed by atoms with van der Waals surface area (Å²) >= 11 is 5.47. The van der Waals surface area contributed by atoms with E-state index >= 15 is 0 Å². The summed E-state index contributed by atoms with van der Waals surface area (Å²) in [7, 11) is 0. The molecule has 0 aliphatic rings. The quantitative estimate of drug-likeness (QED) is 0.400. The van der Waals surface area contributed by atoms with Crippen LogP contribution < -0.4 is 5.73 Å². The average molecular weight is 180 g/mol. The second kappa shape index (κ2) is 4.69. The fourth-order valence-electron chi connectivity index (χ4n) is 0.816. The number of nitrogens with two attached hydrogens (primary N) is 1. The van der Waals surface area contributed by atoms with Crippen molar-refractivity contribution in [2.75, 3.05) is 11.6 Å². The second-order valence-corrected chi connectivity index (χ2v) is 2.71. The molecule has 0 aliphatic carbocycles. The topological polar surface area (TPSA) is 26.0 Å². The number of nitrogen functional groups attached to an aromatic ring is 1. The van der Waals surface area contributed by atoms with Gasteiger partial charge in [-0.1, -0.05) is 24.0 Å². The lowest BCUT2D eigenvalue weighted by molar-refractivity contribution is 1.29. The van der Waals surface area contributed by atoms with Gasteiger partial charge in [-0.05, 0) is 12.1 Å². The zero-order valence-electron chi connectivity index (χ0n) is 6.68. The van der Waals surface area contributed by atoms with Gasteiger partial charge >= 0.3 is 0 Å². The first-order chi connectivity index (χ1) is 5.84. The van der Waals surface area contributed by atoms with Crippen molar-refractivity contribution in [2.45, 2.75) is 6.42 Å². The van der Waals surface area contributed by atoms with Crippen molar-refractivity contribution >= 4 is 17.3 Å². The second-order valence-electron chi connectivity index (χ2n) is 2.33. The van der Waals surface area contributed by atoms with Gasteiger partial charge in [-0.2, -0.15) is 0 Å². The van der Waals surface area contributed by atoms with Crippen molar-refractivity contribution in [3.63, 3.8) is 0 Å². The lowest BCUT2D eigenvalue weighted by Gasteiger charge is -1.94. The van der Waals surface area contributed by atoms with Gasteiger partial charge in [0, 0.05) is 23.6 Å². The number of alkyl halides is 1. The van der Waals surface area contributed by atoms with Gasteiger partial charge < -0.3 is 5.73 Å². The van der Waals surface area contributed by atoms with Gasteiger partial charge in [-0.25, -0.2) is 0 Å². The summed E-state index contributed by atoms with van der Waals surface area (Å²) in [5, 5.41) is 0. The number of benzene rings is 1. The molecule has 0 spiro atoms. The van der Waals surface area contributed by atoms with Gasteiger partial charge in [0.25, 0.3) is 0 Å². The van der Waals surface area contributed by atoms with E-state index in [4.69, 9.17) is 17.3 Å². The van der Waals surface area contributed by atoms with Crippen LogP contribution in [0.15, 0.2) is 24.3 Å². The molecular weight excluding hydrogens is 170 g/mol. The first-order valence-corrected chi connectivity index (χ1v) is 4.27. The summed E-state index contributed by atoms with van der Waals surface area (Å²) in [4.78, 5) is 0. The summed E-state index contributed by atoms with van der Waals surface area (Å²) in [6, 6.07) is 7.55. The van der Waals surface area contributed by atoms with Gasteiger partial charge in [-0.15, -0.1) is 11.6 Å². The van der Waals surface area contributed by atoms with Crippen LogP contribution in [0.25, 0.3) is 0 Å². The lowest BCUT2D eigenvalue weighted by Crippen LogP contribution is -1.88. The molecule has 12 heavy (non-hydrogen) atoms. The molecule has 0 fully saturated rings. The van der Waals surface area contributed by atoms with E-state index in [0.717, 1.165) is 11.3 Å². The molecule has 0 amide bonds. The molecule has 0 saturated heterocycles. The van der Waals surface area contributed by atoms with Crippen molar-refractivity contribution < 1.29 is 0 Å². The Kier molecular flexibility index (Phi) is 3.50. The molecule has 0 radical (unpaired) electrons. The standard InChI is InChI=1S/C10H10ClN/c11-8-4-3-6-9-5-1-2-7-10(9)12/h1-2,5,7H,4,8,12H2. The Labute approximate surface area is 77.5 Å². The summed E-state index contributed by atoms with van der Waals surface area (Å²) in [6.45, 7) is 0. The Morgan fingerprint density at radius 3 is 2.75 bits per heavy atom. The van der Waals surface area contributed by atoms with E-state index in [-0.39, 0.29) is 0 Å². The zero-order valence-corrected chi connectivity index (χ0v) is 7.43. The van der Waals surface area contributed by atoms with Crippen LogP contribution in [0.1, 0.15) is 12.0 Å². The van der Waals surface area contributed by atoms with Crippen LogP contribution in [0.2, 0.25) is 0 Å². The van der Waals surface area contributed by atoms with Crippen LogP contribution >= 0.6 is 11.6 Å². The van der Waals surface area contributed by atoms with Crippen LogP contribution in [0.5, 0.6) is 0 Å². The maximum atomic E-state index is 5.67. The average Bonchev–Trinajstić information content (AvgIpc) is 2.09. The summed E-state index contributed by atoms with van der Waals surface area (Å²) < 4.78 is 0. The van der Waals surface area contributed by atoms with Gasteiger partial charge in [0.15, 0.2) is 0 Å². The Morgan fingerprint density at radius 1 is 1.33 bits per heavy atom. The normalized spacial score (nSPS) is 8.75. The highest BCUT2D eigenvalue weighted by atomic mass is 35.5. The van der Waals surface area contributed by atoms with Crippen LogP contribution in [0.3, 0.4) is 0 Å². The smallest absolute Gasteiger partial charge is 0.0474 e. The molecule has 1 aromatic carbocycles. The third kappa shape index (κ3) is 2.48. The molecule has 0 saturated carbocycles. The zero-order chi connectivity index (χ0) is 8.81. The molecule has 0 atom stereocenters. The summed E-state index contributed by atoms with van der Waals surface area (Å²) in [5.74, 6) is 6.45. The highest BCUT2D eigenvalue weighted by molar-refractivity contribution is 6.18. The third-order valence-electron chi connectivity index (χ3n) is 1.40. The molecular formula is C10H10ClN. The molecule has 2 heteroatoms. The molecule has 2 N–H and O–H groups in total. The van der Waals surface area contributed by atoms with E-state index in [1.807, 2.05) is 24.3 Å². The fraction of sp³-hybridized carbons (Fsp3) is 0.200. The van der Waals surface area contributed by atoms with Crippen molar-refractivity contribution in [3.8, 4) is 11.8 Å². The van der Waals surface area contributed by atoms with Crippen molar-refractivity contribution in [1.82, 2.24) is 0 Å². The SMILES string of the molecule is Nc1ccccc1C#CCCCl. The molecule has 62 valence electrons. The molecule has 1 aromatic rings. The minimum Gasteiger partial charge on any atom is -0.398 e. The van der Waals surface area contributed by atoms with Crippen molar-refractivity contribution in [3.05, 3.63) is 29.8 Å². The maximum Gasteiger partial charge on any atom is 0.0474 e. The van der Waals surface area contributed by atoms with Gasteiger partial charge in [-0.3, -0.25) is 0 Å². The Hall–Kier alpha value is -1.13. The summed E-state index contributed by atoms with van der Waals surface area (Å²) in [6.07, 6.45) is 0.704. The maximum absolute atomic E-state index is 5.67. The predicted octanol–water partition coefficient (Wildman–Crippen LogP) is 2.25. The Morgan fingerprint density at radius 2 is 2.08 bits per heavy atom. The molecule has 0 bridgehead atoms. The molecule has 0 heterocycles. The van der Waals surface area contributed by atoms with Gasteiger partial charge in [0.1, 0.15) is 0 Å². The van der Waals surface area contributed by atoms with E-state index in [1.54, 1.807) is 0 Å².